The number of anilines is 1. The summed E-state index contributed by atoms with van der Waals surface area (Å²) < 4.78 is 5.66. The number of hydrogen-bond donors (Lipinski definition) is 1. The number of rotatable bonds is 3. The van der Waals surface area contributed by atoms with Crippen LogP contribution in [0.4, 0.5) is 5.69 Å². The first kappa shape index (κ1) is 15.1. The van der Waals surface area contributed by atoms with Crippen molar-refractivity contribution in [3.8, 4) is 0 Å². The van der Waals surface area contributed by atoms with Crippen molar-refractivity contribution >= 4 is 11.6 Å². The Hall–Kier alpha value is -2.40. The number of carbonyl (C=O) groups is 1. The van der Waals surface area contributed by atoms with Gasteiger partial charge in [-0.05, 0) is 30.2 Å². The summed E-state index contributed by atoms with van der Waals surface area (Å²) in [4.78, 5) is 19.4. The summed E-state index contributed by atoms with van der Waals surface area (Å²) in [6.45, 7) is 2.63. The van der Waals surface area contributed by atoms with Gasteiger partial charge in [0.2, 0.25) is 5.91 Å². The molecule has 0 radical (unpaired) electrons. The van der Waals surface area contributed by atoms with Gasteiger partial charge in [0.1, 0.15) is 0 Å². The second kappa shape index (κ2) is 6.61. The first-order valence-electron chi connectivity index (χ1n) is 8.43. The van der Waals surface area contributed by atoms with Crippen molar-refractivity contribution in [2.24, 2.45) is 5.92 Å². The van der Waals surface area contributed by atoms with E-state index in [1.54, 1.807) is 6.20 Å². The minimum absolute atomic E-state index is 0.0793. The average molecular weight is 323 g/mol. The van der Waals surface area contributed by atoms with Crippen LogP contribution in [0.3, 0.4) is 0 Å². The lowest BCUT2D eigenvalue weighted by Gasteiger charge is -2.45. The van der Waals surface area contributed by atoms with Crippen LogP contribution in [-0.2, 0) is 22.5 Å². The summed E-state index contributed by atoms with van der Waals surface area (Å²) in [5, 5.41) is 3.05. The summed E-state index contributed by atoms with van der Waals surface area (Å²) in [5.74, 6) is -0.0143. The van der Waals surface area contributed by atoms with E-state index in [1.807, 2.05) is 24.3 Å². The molecule has 1 aromatic carbocycles. The van der Waals surface area contributed by atoms with Crippen LogP contribution in [0.1, 0.15) is 11.3 Å². The van der Waals surface area contributed by atoms with Crippen LogP contribution in [0.5, 0.6) is 0 Å². The number of aromatic nitrogens is 1. The number of nitrogens with one attached hydrogen (secondary N) is 1. The molecule has 4 rings (SSSR count). The highest BCUT2D eigenvalue weighted by Gasteiger charge is 2.39. The Labute approximate surface area is 141 Å². The molecule has 0 bridgehead atoms. The maximum atomic E-state index is 12.8. The van der Waals surface area contributed by atoms with Crippen LogP contribution < -0.4 is 10.2 Å². The van der Waals surface area contributed by atoms with E-state index in [4.69, 9.17) is 4.74 Å². The number of amides is 1. The van der Waals surface area contributed by atoms with Crippen LogP contribution in [0.25, 0.3) is 0 Å². The fourth-order valence-electron chi connectivity index (χ4n) is 3.67. The van der Waals surface area contributed by atoms with Gasteiger partial charge in [-0.3, -0.25) is 9.78 Å². The second-order valence-corrected chi connectivity index (χ2v) is 6.31. The Morgan fingerprint density at radius 1 is 1.25 bits per heavy atom. The number of fused-ring (bicyclic) bond motifs is 3. The molecule has 2 aliphatic heterocycles. The minimum Gasteiger partial charge on any atom is -0.377 e. The number of carbonyl (C=O) groups excluding carboxylic acids is 1. The molecule has 2 atom stereocenters. The molecule has 24 heavy (non-hydrogen) atoms. The molecule has 1 aromatic heterocycles. The van der Waals surface area contributed by atoms with E-state index in [2.05, 4.69) is 33.4 Å². The van der Waals surface area contributed by atoms with Gasteiger partial charge in [0.25, 0.3) is 0 Å². The van der Waals surface area contributed by atoms with E-state index >= 15 is 0 Å². The molecule has 124 valence electrons. The summed E-state index contributed by atoms with van der Waals surface area (Å²) in [5.41, 5.74) is 3.37. The van der Waals surface area contributed by atoms with E-state index in [9.17, 15) is 4.79 Å². The molecular formula is C19H21N3O2. The van der Waals surface area contributed by atoms with E-state index < -0.39 is 0 Å². The predicted octanol–water partition coefficient (Wildman–Crippen LogP) is 1.78. The highest BCUT2D eigenvalue weighted by Crippen LogP contribution is 2.35. The number of pyridine rings is 1. The molecule has 2 aliphatic rings. The first-order valence-corrected chi connectivity index (χ1v) is 8.43. The fourth-order valence-corrected chi connectivity index (χ4v) is 3.67. The van der Waals surface area contributed by atoms with Gasteiger partial charge < -0.3 is 15.0 Å². The Morgan fingerprint density at radius 2 is 2.12 bits per heavy atom. The Morgan fingerprint density at radius 3 is 3.00 bits per heavy atom. The van der Waals surface area contributed by atoms with Crippen molar-refractivity contribution in [1.29, 1.82) is 0 Å². The molecule has 5 heteroatoms. The number of nitrogens with zero attached hydrogens (tertiary/aromatic N) is 2. The maximum Gasteiger partial charge on any atom is 0.225 e. The van der Waals surface area contributed by atoms with Crippen molar-refractivity contribution in [3.05, 3.63) is 59.9 Å². The Kier molecular flexibility index (Phi) is 4.17. The van der Waals surface area contributed by atoms with Crippen molar-refractivity contribution in [2.75, 3.05) is 24.7 Å². The van der Waals surface area contributed by atoms with Crippen molar-refractivity contribution in [3.63, 3.8) is 0 Å². The van der Waals surface area contributed by atoms with Gasteiger partial charge >= 0.3 is 0 Å². The zero-order valence-corrected chi connectivity index (χ0v) is 13.5. The number of para-hydroxylation sites is 1. The monoisotopic (exact) mass is 323 g/mol. The highest BCUT2D eigenvalue weighted by atomic mass is 16.5. The molecule has 1 saturated heterocycles. The lowest BCUT2D eigenvalue weighted by Crippen LogP contribution is -2.56. The van der Waals surface area contributed by atoms with Gasteiger partial charge in [0.05, 0.1) is 37.4 Å². The highest BCUT2D eigenvalue weighted by molar-refractivity contribution is 5.82. The predicted molar refractivity (Wildman–Crippen MR) is 91.7 cm³/mol. The van der Waals surface area contributed by atoms with E-state index in [-0.39, 0.29) is 17.9 Å². The molecule has 0 saturated carbocycles. The third kappa shape index (κ3) is 2.87. The topological polar surface area (TPSA) is 54.5 Å². The van der Waals surface area contributed by atoms with Crippen molar-refractivity contribution in [1.82, 2.24) is 10.3 Å². The Balaban J connectivity index is 1.52. The van der Waals surface area contributed by atoms with Gasteiger partial charge in [-0.15, -0.1) is 0 Å². The van der Waals surface area contributed by atoms with Crippen molar-refractivity contribution < 1.29 is 9.53 Å². The van der Waals surface area contributed by atoms with Gasteiger partial charge in [-0.25, -0.2) is 0 Å². The Bertz CT molecular complexity index is 720. The normalized spacial score (nSPS) is 22.4. The third-order valence-corrected chi connectivity index (χ3v) is 4.88. The molecule has 5 nitrogen and oxygen atoms in total. The smallest absolute Gasteiger partial charge is 0.225 e. The molecule has 2 unspecified atom stereocenters. The molecule has 1 fully saturated rings. The number of morpholine rings is 1. The second-order valence-electron chi connectivity index (χ2n) is 6.31. The van der Waals surface area contributed by atoms with E-state index in [1.165, 1.54) is 11.3 Å². The van der Waals surface area contributed by atoms with Crippen LogP contribution in [-0.4, -0.2) is 36.7 Å². The molecule has 1 amide bonds. The third-order valence-electron chi connectivity index (χ3n) is 4.88. The number of hydrogen-bond acceptors (Lipinski definition) is 4. The zero-order valence-electron chi connectivity index (χ0n) is 13.5. The average Bonchev–Trinajstić information content (AvgIpc) is 2.66. The van der Waals surface area contributed by atoms with Gasteiger partial charge in [-0.1, -0.05) is 24.3 Å². The van der Waals surface area contributed by atoms with E-state index in [0.717, 1.165) is 18.7 Å². The molecule has 3 heterocycles. The molecule has 2 aromatic rings. The number of benzene rings is 1. The lowest BCUT2D eigenvalue weighted by molar-refractivity contribution is -0.127. The van der Waals surface area contributed by atoms with Crippen LogP contribution in [0, 0.1) is 5.92 Å². The first-order chi connectivity index (χ1) is 11.8. The largest absolute Gasteiger partial charge is 0.377 e. The van der Waals surface area contributed by atoms with Crippen LogP contribution >= 0.6 is 0 Å². The van der Waals surface area contributed by atoms with Gasteiger partial charge in [0, 0.05) is 18.4 Å². The van der Waals surface area contributed by atoms with Gasteiger partial charge in [0.15, 0.2) is 0 Å². The van der Waals surface area contributed by atoms with Gasteiger partial charge in [-0.2, -0.15) is 0 Å². The summed E-state index contributed by atoms with van der Waals surface area (Å²) in [6.07, 6.45) is 2.50. The molecule has 1 N–H and O–H groups in total. The van der Waals surface area contributed by atoms with Crippen LogP contribution in [0.2, 0.25) is 0 Å². The van der Waals surface area contributed by atoms with Crippen LogP contribution in [0.15, 0.2) is 48.7 Å². The summed E-state index contributed by atoms with van der Waals surface area (Å²) >= 11 is 0. The molecular weight excluding hydrogens is 302 g/mol. The fraction of sp³-hybridized carbons (Fsp3) is 0.368. The standard InChI is InChI=1S/C19H21N3O2/c23-19(21-12-15-6-3-4-8-20-15)16-11-14-5-1-2-7-17(14)22-9-10-24-13-18(16)22/h1-8,16,18H,9-13H2,(H,21,23). The van der Waals surface area contributed by atoms with E-state index in [0.29, 0.717) is 19.8 Å². The van der Waals surface area contributed by atoms with Crippen molar-refractivity contribution in [2.45, 2.75) is 19.0 Å². The maximum absolute atomic E-state index is 12.8. The lowest BCUT2D eigenvalue weighted by atomic mass is 9.84. The zero-order chi connectivity index (χ0) is 16.4. The minimum atomic E-state index is -0.0936. The summed E-state index contributed by atoms with van der Waals surface area (Å²) in [6, 6.07) is 14.2. The quantitative estimate of drug-likeness (QED) is 0.935. The molecule has 0 aliphatic carbocycles. The number of ether oxygens (including phenoxy) is 1. The molecule has 0 spiro atoms. The SMILES string of the molecule is O=C(NCc1ccccn1)C1Cc2ccccc2N2CCOCC12. The summed E-state index contributed by atoms with van der Waals surface area (Å²) in [7, 11) is 0.